The zero-order valence-electron chi connectivity index (χ0n) is 23.9. The van der Waals surface area contributed by atoms with Gasteiger partial charge in [-0.25, -0.2) is 0 Å². The number of pyridine rings is 1. The Morgan fingerprint density at radius 3 is 2.29 bits per heavy atom. The number of aromatic amines is 1. The molecule has 0 amide bonds. The fourth-order valence-electron chi connectivity index (χ4n) is 5.68. The summed E-state index contributed by atoms with van der Waals surface area (Å²) < 4.78 is 6.58. The molecule has 38 heavy (non-hydrogen) atoms. The van der Waals surface area contributed by atoms with Gasteiger partial charge in [0.1, 0.15) is 5.75 Å². The molecule has 206 valence electrons. The van der Waals surface area contributed by atoms with E-state index in [-0.39, 0.29) is 5.56 Å². The fourth-order valence-corrected chi connectivity index (χ4v) is 5.96. The Hall–Kier alpha value is -2.50. The minimum absolute atomic E-state index is 0.154. The zero-order chi connectivity index (χ0) is 27.4. The molecule has 6 heteroatoms. The normalized spacial score (nSPS) is 16.0. The van der Waals surface area contributed by atoms with Gasteiger partial charge in [0.15, 0.2) is 0 Å². The van der Waals surface area contributed by atoms with Gasteiger partial charge in [0.2, 0.25) is 0 Å². The topological polar surface area (TPSA) is 57.4 Å². The van der Waals surface area contributed by atoms with Crippen molar-refractivity contribution >= 4 is 28.2 Å². The second-order valence-electron chi connectivity index (χ2n) is 11.9. The first-order valence-corrected chi connectivity index (χ1v) is 14.6. The summed E-state index contributed by atoms with van der Waals surface area (Å²) in [6, 6.07) is 10.7. The number of piperidine rings is 1. The summed E-state index contributed by atoms with van der Waals surface area (Å²) >= 11 is 6.86. The third-order valence-electron chi connectivity index (χ3n) is 7.18. The molecule has 2 aromatic carbocycles. The molecule has 0 saturated carbocycles. The molecular formula is C32H44ClN3O2. The van der Waals surface area contributed by atoms with Crippen LogP contribution in [0.15, 0.2) is 35.1 Å². The summed E-state index contributed by atoms with van der Waals surface area (Å²) in [6.07, 6.45) is 4.57. The van der Waals surface area contributed by atoms with Crippen LogP contribution < -0.4 is 20.5 Å². The summed E-state index contributed by atoms with van der Waals surface area (Å²) in [6.45, 7) is 16.5. The van der Waals surface area contributed by atoms with Crippen LogP contribution in [0.5, 0.6) is 5.75 Å². The number of anilines is 1. The Morgan fingerprint density at radius 1 is 1.00 bits per heavy atom. The summed E-state index contributed by atoms with van der Waals surface area (Å²) in [7, 11) is 0. The highest BCUT2D eigenvalue weighted by Crippen LogP contribution is 2.39. The van der Waals surface area contributed by atoms with Gasteiger partial charge in [-0.1, -0.05) is 75.0 Å². The van der Waals surface area contributed by atoms with Gasteiger partial charge in [-0.2, -0.15) is 0 Å². The van der Waals surface area contributed by atoms with Crippen molar-refractivity contribution in [3.8, 4) is 16.9 Å². The summed E-state index contributed by atoms with van der Waals surface area (Å²) in [5.74, 6) is 1.62. The molecule has 1 fully saturated rings. The van der Waals surface area contributed by atoms with E-state index in [1.54, 1.807) is 0 Å². The Kier molecular flexibility index (Phi) is 9.43. The third kappa shape index (κ3) is 6.92. The molecule has 5 nitrogen and oxygen atoms in total. The SMILES string of the molecule is Cc1cc(C)cc(-c2c(OCC[C@@H]3CCCCN3)c3cc(N(CC(C)C)CC(C)C)c(Cl)cc3[nH]c2=O)c1. The zero-order valence-corrected chi connectivity index (χ0v) is 24.7. The van der Waals surface area contributed by atoms with Crippen molar-refractivity contribution < 1.29 is 4.74 Å². The number of nitrogens with zero attached hydrogens (tertiary/aromatic N) is 1. The van der Waals surface area contributed by atoms with Gasteiger partial charge in [-0.3, -0.25) is 4.79 Å². The number of benzene rings is 2. The molecule has 0 aliphatic carbocycles. The number of H-pyrrole nitrogens is 1. The fraction of sp³-hybridized carbons (Fsp3) is 0.531. The second kappa shape index (κ2) is 12.6. The van der Waals surface area contributed by atoms with Gasteiger partial charge in [0.05, 0.1) is 28.4 Å². The molecule has 4 rings (SSSR count). The molecular weight excluding hydrogens is 494 g/mol. The van der Waals surface area contributed by atoms with E-state index in [2.05, 4.69) is 81.0 Å². The molecule has 2 N–H and O–H groups in total. The lowest BCUT2D eigenvalue weighted by atomic mass is 9.98. The third-order valence-corrected chi connectivity index (χ3v) is 7.48. The van der Waals surface area contributed by atoms with Crippen molar-refractivity contribution in [3.05, 3.63) is 56.8 Å². The molecule has 0 unspecified atom stereocenters. The van der Waals surface area contributed by atoms with Crippen molar-refractivity contribution in [1.29, 1.82) is 0 Å². The number of aryl methyl sites for hydroxylation is 2. The number of fused-ring (bicyclic) bond motifs is 1. The van der Waals surface area contributed by atoms with Crippen LogP contribution in [0.3, 0.4) is 0 Å². The molecule has 0 spiro atoms. The maximum atomic E-state index is 13.6. The lowest BCUT2D eigenvalue weighted by Crippen LogP contribution is -2.35. The summed E-state index contributed by atoms with van der Waals surface area (Å²) in [5.41, 5.74) is 5.25. The lowest BCUT2D eigenvalue weighted by molar-refractivity contribution is 0.271. The van der Waals surface area contributed by atoms with E-state index in [1.165, 1.54) is 19.3 Å². The first kappa shape index (κ1) is 28.5. The number of rotatable bonds is 10. The molecule has 1 aromatic heterocycles. The van der Waals surface area contributed by atoms with Crippen LogP contribution in [-0.4, -0.2) is 37.3 Å². The molecule has 1 aliphatic rings. The van der Waals surface area contributed by atoms with Crippen molar-refractivity contribution in [1.82, 2.24) is 10.3 Å². The predicted molar refractivity (Wildman–Crippen MR) is 162 cm³/mol. The second-order valence-corrected chi connectivity index (χ2v) is 12.3. The number of nitrogens with one attached hydrogen (secondary N) is 2. The maximum absolute atomic E-state index is 13.6. The average molecular weight is 538 g/mol. The monoisotopic (exact) mass is 537 g/mol. The van der Waals surface area contributed by atoms with Gasteiger partial charge < -0.3 is 19.9 Å². The van der Waals surface area contributed by atoms with E-state index < -0.39 is 0 Å². The molecule has 3 aromatic rings. The Balaban J connectivity index is 1.86. The molecule has 1 aliphatic heterocycles. The van der Waals surface area contributed by atoms with Crippen LogP contribution >= 0.6 is 11.6 Å². The Bertz CT molecular complexity index is 1280. The predicted octanol–water partition coefficient (Wildman–Crippen LogP) is 7.49. The van der Waals surface area contributed by atoms with Gasteiger partial charge >= 0.3 is 0 Å². The van der Waals surface area contributed by atoms with Crippen molar-refractivity contribution in [2.24, 2.45) is 11.8 Å². The molecule has 1 saturated heterocycles. The maximum Gasteiger partial charge on any atom is 0.260 e. The molecule has 0 bridgehead atoms. The number of halogens is 1. The summed E-state index contributed by atoms with van der Waals surface area (Å²) in [5, 5.41) is 5.15. The van der Waals surface area contributed by atoms with E-state index in [1.807, 2.05) is 6.07 Å². The lowest BCUT2D eigenvalue weighted by Gasteiger charge is -2.30. The standard InChI is InChI=1S/C32H44ClN3O2/c1-20(2)18-36(19-21(3)4)29-16-26-28(17-27(29)33)35-32(37)30(24-14-22(5)13-23(6)15-24)31(26)38-12-10-25-9-7-8-11-34-25/h13-17,20-21,25,34H,7-12,18-19H2,1-6H3,(H,35,37)/t25-/m0/s1. The van der Waals surface area contributed by atoms with E-state index in [0.717, 1.165) is 53.8 Å². The van der Waals surface area contributed by atoms with Crippen LogP contribution in [0, 0.1) is 25.7 Å². The highest BCUT2D eigenvalue weighted by molar-refractivity contribution is 6.34. The van der Waals surface area contributed by atoms with Crippen LogP contribution in [0.4, 0.5) is 5.69 Å². The van der Waals surface area contributed by atoms with Gasteiger partial charge in [-0.05, 0) is 69.2 Å². The minimum Gasteiger partial charge on any atom is -0.492 e. The number of hydrogen-bond acceptors (Lipinski definition) is 4. The van der Waals surface area contributed by atoms with E-state index in [9.17, 15) is 4.79 Å². The first-order chi connectivity index (χ1) is 18.1. The van der Waals surface area contributed by atoms with E-state index >= 15 is 0 Å². The largest absolute Gasteiger partial charge is 0.492 e. The van der Waals surface area contributed by atoms with Crippen molar-refractivity contribution in [3.63, 3.8) is 0 Å². The van der Waals surface area contributed by atoms with Crippen LogP contribution in [-0.2, 0) is 0 Å². The number of aromatic nitrogens is 1. The van der Waals surface area contributed by atoms with Crippen LogP contribution in [0.25, 0.3) is 22.0 Å². The molecule has 1 atom stereocenters. The van der Waals surface area contributed by atoms with E-state index in [4.69, 9.17) is 16.3 Å². The van der Waals surface area contributed by atoms with Crippen molar-refractivity contribution in [2.75, 3.05) is 31.1 Å². The van der Waals surface area contributed by atoms with E-state index in [0.29, 0.717) is 46.3 Å². The summed E-state index contributed by atoms with van der Waals surface area (Å²) in [4.78, 5) is 19.0. The Labute approximate surface area is 232 Å². The molecule has 0 radical (unpaired) electrons. The Morgan fingerprint density at radius 2 is 1.68 bits per heavy atom. The highest BCUT2D eigenvalue weighted by atomic mass is 35.5. The van der Waals surface area contributed by atoms with Gasteiger partial charge in [0, 0.05) is 24.5 Å². The number of hydrogen-bond donors (Lipinski definition) is 2. The smallest absolute Gasteiger partial charge is 0.260 e. The number of ether oxygens (including phenoxy) is 1. The minimum atomic E-state index is -0.154. The first-order valence-electron chi connectivity index (χ1n) is 14.2. The van der Waals surface area contributed by atoms with Crippen LogP contribution in [0.2, 0.25) is 5.02 Å². The quantitative estimate of drug-likeness (QED) is 0.281. The highest BCUT2D eigenvalue weighted by Gasteiger charge is 2.22. The van der Waals surface area contributed by atoms with Crippen LogP contribution in [0.1, 0.15) is 64.5 Å². The van der Waals surface area contributed by atoms with Crippen molar-refractivity contribution in [2.45, 2.75) is 73.3 Å². The van der Waals surface area contributed by atoms with Gasteiger partial charge in [0.25, 0.3) is 5.56 Å². The van der Waals surface area contributed by atoms with Gasteiger partial charge in [-0.15, -0.1) is 0 Å². The average Bonchev–Trinajstić information content (AvgIpc) is 2.82. The molecule has 2 heterocycles.